The molecule has 0 unspecified atom stereocenters. The van der Waals surface area contributed by atoms with Crippen molar-refractivity contribution in [3.8, 4) is 5.75 Å². The molecule has 0 saturated heterocycles. The SMILES string of the molecule is C=C(Cn1cc(OC(=O)OCC)c(=O)c2cc(F)c(F)c(F)c21)C(=O)OCC. The summed E-state index contributed by atoms with van der Waals surface area (Å²) in [6.07, 6.45) is -0.357. The third-order valence-corrected chi connectivity index (χ3v) is 3.55. The van der Waals surface area contributed by atoms with Gasteiger partial charge >= 0.3 is 12.1 Å². The molecule has 10 heteroatoms. The first-order chi connectivity index (χ1) is 13.2. The average molecular weight is 399 g/mol. The normalized spacial score (nSPS) is 10.6. The maximum absolute atomic E-state index is 14.4. The van der Waals surface area contributed by atoms with E-state index in [1.54, 1.807) is 6.92 Å². The van der Waals surface area contributed by atoms with Gasteiger partial charge < -0.3 is 18.8 Å². The van der Waals surface area contributed by atoms with Crippen molar-refractivity contribution >= 4 is 23.0 Å². The van der Waals surface area contributed by atoms with Crippen LogP contribution in [0, 0.1) is 17.5 Å². The lowest BCUT2D eigenvalue weighted by Gasteiger charge is -2.15. The maximum Gasteiger partial charge on any atom is 0.514 e. The Morgan fingerprint density at radius 3 is 2.36 bits per heavy atom. The van der Waals surface area contributed by atoms with Crippen LogP contribution >= 0.6 is 0 Å². The van der Waals surface area contributed by atoms with E-state index >= 15 is 0 Å². The quantitative estimate of drug-likeness (QED) is 0.422. The second-order valence-electron chi connectivity index (χ2n) is 5.44. The summed E-state index contributed by atoms with van der Waals surface area (Å²) in [4.78, 5) is 35.7. The van der Waals surface area contributed by atoms with Crippen LogP contribution in [0.1, 0.15) is 13.8 Å². The standard InChI is InChI=1S/C18H16F3NO6/c1-4-26-17(24)9(3)7-22-8-12(28-18(25)27-5-2)16(23)10-6-11(19)13(20)14(21)15(10)22/h6,8H,3-5,7H2,1-2H3. The minimum absolute atomic E-state index is 0.0469. The third kappa shape index (κ3) is 4.16. The predicted molar refractivity (Wildman–Crippen MR) is 91.5 cm³/mol. The second-order valence-corrected chi connectivity index (χ2v) is 5.44. The summed E-state index contributed by atoms with van der Waals surface area (Å²) in [5.41, 5.74) is -1.87. The summed E-state index contributed by atoms with van der Waals surface area (Å²) in [5.74, 6) is -6.50. The summed E-state index contributed by atoms with van der Waals surface area (Å²) in [6, 6.07) is 0.470. The van der Waals surface area contributed by atoms with E-state index in [1.807, 2.05) is 0 Å². The van der Waals surface area contributed by atoms with Gasteiger partial charge in [-0.05, 0) is 19.9 Å². The highest BCUT2D eigenvalue weighted by molar-refractivity contribution is 5.88. The first kappa shape index (κ1) is 21.0. The van der Waals surface area contributed by atoms with E-state index in [0.29, 0.717) is 6.07 Å². The van der Waals surface area contributed by atoms with E-state index in [1.165, 1.54) is 6.92 Å². The highest BCUT2D eigenvalue weighted by Crippen LogP contribution is 2.24. The van der Waals surface area contributed by atoms with E-state index in [9.17, 15) is 27.6 Å². The third-order valence-electron chi connectivity index (χ3n) is 3.55. The van der Waals surface area contributed by atoms with Gasteiger partial charge in [-0.25, -0.2) is 22.8 Å². The number of fused-ring (bicyclic) bond motifs is 1. The minimum Gasteiger partial charge on any atom is -0.463 e. The Balaban J connectivity index is 2.68. The number of benzene rings is 1. The van der Waals surface area contributed by atoms with Gasteiger partial charge in [0.1, 0.15) is 0 Å². The molecule has 28 heavy (non-hydrogen) atoms. The zero-order valence-electron chi connectivity index (χ0n) is 15.0. The number of pyridine rings is 1. The molecule has 0 fully saturated rings. The molecule has 1 heterocycles. The van der Waals surface area contributed by atoms with E-state index in [0.717, 1.165) is 10.8 Å². The number of carbonyl (C=O) groups excluding carboxylic acids is 2. The number of hydrogen-bond acceptors (Lipinski definition) is 6. The van der Waals surface area contributed by atoms with Crippen molar-refractivity contribution in [1.29, 1.82) is 0 Å². The lowest BCUT2D eigenvalue weighted by molar-refractivity contribution is -0.138. The number of ether oxygens (including phenoxy) is 3. The predicted octanol–water partition coefficient (Wildman–Crippen LogP) is 3.07. The van der Waals surface area contributed by atoms with Crippen LogP contribution in [0.3, 0.4) is 0 Å². The molecular formula is C18H16F3NO6. The van der Waals surface area contributed by atoms with Crippen LogP contribution in [-0.2, 0) is 20.8 Å². The van der Waals surface area contributed by atoms with Gasteiger partial charge in [0.2, 0.25) is 5.43 Å². The molecule has 0 atom stereocenters. The molecule has 0 radical (unpaired) electrons. The van der Waals surface area contributed by atoms with E-state index in [2.05, 4.69) is 11.3 Å². The highest BCUT2D eigenvalue weighted by atomic mass is 19.2. The first-order valence-electron chi connectivity index (χ1n) is 8.11. The summed E-state index contributed by atoms with van der Waals surface area (Å²) in [5, 5.41) is -0.602. The van der Waals surface area contributed by atoms with Gasteiger partial charge in [-0.3, -0.25) is 4.79 Å². The van der Waals surface area contributed by atoms with Crippen molar-refractivity contribution in [1.82, 2.24) is 4.57 Å². The number of carbonyl (C=O) groups is 2. The number of aromatic nitrogens is 1. The van der Waals surface area contributed by atoms with Crippen LogP contribution in [0.25, 0.3) is 10.9 Å². The Morgan fingerprint density at radius 1 is 1.11 bits per heavy atom. The van der Waals surface area contributed by atoms with Gasteiger partial charge in [-0.15, -0.1) is 0 Å². The van der Waals surface area contributed by atoms with Crippen LogP contribution < -0.4 is 10.2 Å². The summed E-state index contributed by atoms with van der Waals surface area (Å²) in [7, 11) is 0. The van der Waals surface area contributed by atoms with Crippen molar-refractivity contribution in [2.24, 2.45) is 0 Å². The van der Waals surface area contributed by atoms with Crippen molar-refractivity contribution in [3.63, 3.8) is 0 Å². The molecule has 1 aromatic heterocycles. The van der Waals surface area contributed by atoms with Crippen molar-refractivity contribution in [2.75, 3.05) is 13.2 Å². The second kappa shape index (κ2) is 8.59. The number of esters is 1. The van der Waals surface area contributed by atoms with Gasteiger partial charge in [0.15, 0.2) is 23.2 Å². The summed E-state index contributed by atoms with van der Waals surface area (Å²) < 4.78 is 56.7. The molecule has 2 aromatic rings. The molecule has 1 aromatic carbocycles. The van der Waals surface area contributed by atoms with E-state index in [4.69, 9.17) is 9.47 Å². The topological polar surface area (TPSA) is 83.8 Å². The molecule has 0 aliphatic rings. The Hall–Kier alpha value is -3.30. The minimum atomic E-state index is -1.80. The summed E-state index contributed by atoms with van der Waals surface area (Å²) >= 11 is 0. The molecule has 2 rings (SSSR count). The number of hydrogen-bond donors (Lipinski definition) is 0. The molecule has 0 saturated carbocycles. The maximum atomic E-state index is 14.4. The number of rotatable bonds is 6. The molecular weight excluding hydrogens is 383 g/mol. The number of halogens is 3. The highest BCUT2D eigenvalue weighted by Gasteiger charge is 2.23. The fourth-order valence-electron chi connectivity index (χ4n) is 2.37. The van der Waals surface area contributed by atoms with Crippen molar-refractivity contribution < 1.29 is 37.0 Å². The Bertz CT molecular complexity index is 1010. The van der Waals surface area contributed by atoms with Gasteiger partial charge in [-0.2, -0.15) is 0 Å². The molecule has 7 nitrogen and oxygen atoms in total. The fraction of sp³-hybridized carbons (Fsp3) is 0.278. The molecule has 0 N–H and O–H groups in total. The number of nitrogens with zero attached hydrogens (tertiary/aromatic N) is 1. The van der Waals surface area contributed by atoms with E-state index < -0.39 is 58.2 Å². The fourth-order valence-corrected chi connectivity index (χ4v) is 2.37. The summed E-state index contributed by atoms with van der Waals surface area (Å²) in [6.45, 7) is 6.10. The lowest BCUT2D eigenvalue weighted by atomic mass is 10.1. The van der Waals surface area contributed by atoms with Crippen LogP contribution in [0.5, 0.6) is 5.75 Å². The van der Waals surface area contributed by atoms with Gasteiger partial charge in [0.05, 0.1) is 36.9 Å². The smallest absolute Gasteiger partial charge is 0.463 e. The van der Waals surface area contributed by atoms with E-state index in [-0.39, 0.29) is 18.8 Å². The van der Waals surface area contributed by atoms with Crippen LogP contribution in [0.15, 0.2) is 29.2 Å². The van der Waals surface area contributed by atoms with Crippen LogP contribution in [0.2, 0.25) is 0 Å². The molecule has 0 aliphatic carbocycles. The monoisotopic (exact) mass is 399 g/mol. The van der Waals surface area contributed by atoms with Crippen LogP contribution in [0.4, 0.5) is 18.0 Å². The lowest BCUT2D eigenvalue weighted by Crippen LogP contribution is -2.21. The van der Waals surface area contributed by atoms with Crippen molar-refractivity contribution in [2.45, 2.75) is 20.4 Å². The Labute approximate surface area is 156 Å². The van der Waals surface area contributed by atoms with Gasteiger partial charge in [0, 0.05) is 5.57 Å². The van der Waals surface area contributed by atoms with Gasteiger partial charge in [0.25, 0.3) is 0 Å². The zero-order chi connectivity index (χ0) is 21.0. The molecule has 150 valence electrons. The molecule has 0 spiro atoms. The van der Waals surface area contributed by atoms with Crippen LogP contribution in [-0.4, -0.2) is 29.9 Å². The molecule has 0 amide bonds. The Morgan fingerprint density at radius 2 is 1.75 bits per heavy atom. The molecule has 0 bridgehead atoms. The van der Waals surface area contributed by atoms with Gasteiger partial charge in [-0.1, -0.05) is 6.58 Å². The average Bonchev–Trinajstić information content (AvgIpc) is 2.63. The Kier molecular flexibility index (Phi) is 6.45. The van der Waals surface area contributed by atoms with Crippen molar-refractivity contribution in [3.05, 3.63) is 52.1 Å². The molecule has 0 aliphatic heterocycles. The first-order valence-corrected chi connectivity index (χ1v) is 8.11. The zero-order valence-corrected chi connectivity index (χ0v) is 15.0. The largest absolute Gasteiger partial charge is 0.514 e.